The molecule has 1 heterocycles. The van der Waals surface area contributed by atoms with Crippen LogP contribution >= 0.6 is 0 Å². The van der Waals surface area contributed by atoms with E-state index in [9.17, 15) is 9.90 Å². The Balaban J connectivity index is 2.09. The maximum atomic E-state index is 12.2. The van der Waals surface area contributed by atoms with E-state index in [1.165, 1.54) is 6.20 Å². The number of carbonyl (C=O) groups is 1. The van der Waals surface area contributed by atoms with Gasteiger partial charge in [0, 0.05) is 6.20 Å². The van der Waals surface area contributed by atoms with Crippen LogP contribution < -0.4 is 5.32 Å². The van der Waals surface area contributed by atoms with Crippen molar-refractivity contribution in [1.29, 1.82) is 0 Å². The Morgan fingerprint density at radius 3 is 2.89 bits per heavy atom. The molecule has 0 aromatic carbocycles. The molecule has 1 aliphatic rings. The number of nitrogens with zero attached hydrogens (tertiary/aromatic N) is 2. The minimum atomic E-state index is -0.499. The van der Waals surface area contributed by atoms with Crippen LogP contribution in [0.25, 0.3) is 0 Å². The van der Waals surface area contributed by atoms with Crippen molar-refractivity contribution in [2.45, 2.75) is 45.1 Å². The summed E-state index contributed by atoms with van der Waals surface area (Å²) >= 11 is 0. The SMILES string of the molecule is Cc1cnc(C(=O)NC2(CO)CCCC(C)C2)cn1. The molecule has 5 heteroatoms. The molecule has 2 atom stereocenters. The topological polar surface area (TPSA) is 75.1 Å². The number of aryl methyl sites for hydroxylation is 1. The molecule has 0 radical (unpaired) electrons. The molecule has 1 aliphatic carbocycles. The lowest BCUT2D eigenvalue weighted by Gasteiger charge is -2.39. The summed E-state index contributed by atoms with van der Waals surface area (Å²) in [5.74, 6) is 0.265. The van der Waals surface area contributed by atoms with E-state index < -0.39 is 5.54 Å². The summed E-state index contributed by atoms with van der Waals surface area (Å²) in [6.07, 6.45) is 6.86. The lowest BCUT2D eigenvalue weighted by atomic mass is 9.77. The fourth-order valence-electron chi connectivity index (χ4n) is 2.77. The third kappa shape index (κ3) is 3.29. The molecule has 1 aromatic rings. The van der Waals surface area contributed by atoms with Crippen LogP contribution in [-0.4, -0.2) is 33.1 Å². The van der Waals surface area contributed by atoms with Gasteiger partial charge in [0.15, 0.2) is 0 Å². The molecule has 2 N–H and O–H groups in total. The van der Waals surface area contributed by atoms with E-state index in [-0.39, 0.29) is 12.5 Å². The maximum absolute atomic E-state index is 12.2. The number of aliphatic hydroxyl groups is 1. The second-order valence-electron chi connectivity index (χ2n) is 5.64. The van der Waals surface area contributed by atoms with E-state index in [0.29, 0.717) is 11.6 Å². The second kappa shape index (κ2) is 5.65. The highest BCUT2D eigenvalue weighted by atomic mass is 16.3. The Bertz CT molecular complexity index is 447. The van der Waals surface area contributed by atoms with E-state index >= 15 is 0 Å². The molecule has 1 saturated carbocycles. The van der Waals surface area contributed by atoms with Crippen molar-refractivity contribution in [3.8, 4) is 0 Å². The molecule has 1 amide bonds. The summed E-state index contributed by atoms with van der Waals surface area (Å²) in [5, 5.41) is 12.6. The van der Waals surface area contributed by atoms with Crippen molar-refractivity contribution < 1.29 is 9.90 Å². The minimum Gasteiger partial charge on any atom is -0.394 e. The first-order valence-corrected chi connectivity index (χ1v) is 6.77. The van der Waals surface area contributed by atoms with Gasteiger partial charge in [-0.2, -0.15) is 0 Å². The third-order valence-electron chi connectivity index (χ3n) is 3.79. The first-order chi connectivity index (χ1) is 9.04. The highest BCUT2D eigenvalue weighted by Crippen LogP contribution is 2.32. The van der Waals surface area contributed by atoms with Crippen molar-refractivity contribution in [3.63, 3.8) is 0 Å². The minimum absolute atomic E-state index is 0.0254. The Hall–Kier alpha value is -1.49. The normalized spacial score (nSPS) is 27.0. The molecule has 19 heavy (non-hydrogen) atoms. The van der Waals surface area contributed by atoms with Gasteiger partial charge in [0.25, 0.3) is 5.91 Å². The van der Waals surface area contributed by atoms with E-state index in [2.05, 4.69) is 22.2 Å². The molecule has 2 rings (SSSR count). The summed E-state index contributed by atoms with van der Waals surface area (Å²) in [7, 11) is 0. The van der Waals surface area contributed by atoms with Crippen LogP contribution in [0.15, 0.2) is 12.4 Å². The van der Waals surface area contributed by atoms with Gasteiger partial charge in [0.2, 0.25) is 0 Å². The van der Waals surface area contributed by atoms with Crippen LogP contribution in [0, 0.1) is 12.8 Å². The second-order valence-corrected chi connectivity index (χ2v) is 5.64. The first-order valence-electron chi connectivity index (χ1n) is 6.77. The molecule has 5 nitrogen and oxygen atoms in total. The summed E-state index contributed by atoms with van der Waals surface area (Å²) in [6, 6.07) is 0. The van der Waals surface area contributed by atoms with Gasteiger partial charge in [-0.15, -0.1) is 0 Å². The summed E-state index contributed by atoms with van der Waals surface area (Å²) < 4.78 is 0. The molecule has 0 bridgehead atoms. The number of hydrogen-bond donors (Lipinski definition) is 2. The monoisotopic (exact) mass is 263 g/mol. The van der Waals surface area contributed by atoms with E-state index in [4.69, 9.17) is 0 Å². The third-order valence-corrected chi connectivity index (χ3v) is 3.79. The highest BCUT2D eigenvalue weighted by Gasteiger charge is 2.36. The maximum Gasteiger partial charge on any atom is 0.271 e. The zero-order valence-electron chi connectivity index (χ0n) is 11.5. The Kier molecular flexibility index (Phi) is 4.14. The van der Waals surface area contributed by atoms with Gasteiger partial charge >= 0.3 is 0 Å². The predicted octanol–water partition coefficient (Wildman–Crippen LogP) is 1.46. The van der Waals surface area contributed by atoms with Gasteiger partial charge < -0.3 is 10.4 Å². The molecule has 0 saturated heterocycles. The average Bonchev–Trinajstić information content (AvgIpc) is 2.39. The van der Waals surface area contributed by atoms with Crippen molar-refractivity contribution in [2.75, 3.05) is 6.61 Å². The van der Waals surface area contributed by atoms with E-state index in [0.717, 1.165) is 31.4 Å². The van der Waals surface area contributed by atoms with Gasteiger partial charge in [0.1, 0.15) is 5.69 Å². The quantitative estimate of drug-likeness (QED) is 0.865. The van der Waals surface area contributed by atoms with Gasteiger partial charge in [0.05, 0.1) is 24.0 Å². The average molecular weight is 263 g/mol. The first kappa shape index (κ1) is 13.9. The lowest BCUT2D eigenvalue weighted by Crippen LogP contribution is -2.54. The number of hydrogen-bond acceptors (Lipinski definition) is 4. The molecule has 1 aromatic heterocycles. The standard InChI is InChI=1S/C14H21N3O2/c1-10-4-3-5-14(6-10,9-18)17-13(19)12-8-15-11(2)7-16-12/h7-8,10,18H,3-6,9H2,1-2H3,(H,17,19). The van der Waals surface area contributed by atoms with Crippen molar-refractivity contribution >= 4 is 5.91 Å². The Labute approximate surface area is 113 Å². The highest BCUT2D eigenvalue weighted by molar-refractivity contribution is 5.92. The van der Waals surface area contributed by atoms with Gasteiger partial charge in [-0.05, 0) is 25.7 Å². The van der Waals surface area contributed by atoms with Crippen molar-refractivity contribution in [2.24, 2.45) is 5.92 Å². The number of amides is 1. The van der Waals surface area contributed by atoms with Crippen molar-refractivity contribution in [1.82, 2.24) is 15.3 Å². The predicted molar refractivity (Wildman–Crippen MR) is 71.7 cm³/mol. The molecular formula is C14H21N3O2. The molecule has 104 valence electrons. The van der Waals surface area contributed by atoms with Crippen LogP contribution in [-0.2, 0) is 0 Å². The van der Waals surface area contributed by atoms with Crippen molar-refractivity contribution in [3.05, 3.63) is 23.8 Å². The fraction of sp³-hybridized carbons (Fsp3) is 0.643. The molecule has 0 aliphatic heterocycles. The zero-order valence-corrected chi connectivity index (χ0v) is 11.5. The molecule has 0 spiro atoms. The molecule has 1 fully saturated rings. The number of rotatable bonds is 3. The van der Waals surface area contributed by atoms with Gasteiger partial charge in [-0.3, -0.25) is 9.78 Å². The largest absolute Gasteiger partial charge is 0.394 e. The number of aliphatic hydroxyl groups excluding tert-OH is 1. The van der Waals surface area contributed by atoms with Crippen LogP contribution in [0.1, 0.15) is 48.8 Å². The Morgan fingerprint density at radius 2 is 2.32 bits per heavy atom. The summed E-state index contributed by atoms with van der Waals surface area (Å²) in [5.41, 5.74) is 0.581. The fourth-order valence-corrected chi connectivity index (χ4v) is 2.77. The van der Waals surface area contributed by atoms with Gasteiger partial charge in [-0.1, -0.05) is 19.8 Å². The zero-order chi connectivity index (χ0) is 13.9. The number of aromatic nitrogens is 2. The smallest absolute Gasteiger partial charge is 0.271 e. The van der Waals surface area contributed by atoms with E-state index in [1.807, 2.05) is 6.92 Å². The van der Waals surface area contributed by atoms with Crippen LogP contribution in [0.2, 0.25) is 0 Å². The number of nitrogens with one attached hydrogen (secondary N) is 1. The lowest BCUT2D eigenvalue weighted by molar-refractivity contribution is 0.0692. The summed E-state index contributed by atoms with van der Waals surface area (Å²) in [6.45, 7) is 3.95. The molecule has 2 unspecified atom stereocenters. The number of carbonyl (C=O) groups excluding carboxylic acids is 1. The summed E-state index contributed by atoms with van der Waals surface area (Å²) in [4.78, 5) is 20.3. The van der Waals surface area contributed by atoms with Crippen LogP contribution in [0.3, 0.4) is 0 Å². The van der Waals surface area contributed by atoms with Crippen LogP contribution in [0.4, 0.5) is 0 Å². The van der Waals surface area contributed by atoms with Gasteiger partial charge in [-0.25, -0.2) is 4.98 Å². The van der Waals surface area contributed by atoms with E-state index in [1.54, 1.807) is 6.20 Å². The Morgan fingerprint density at radius 1 is 1.53 bits per heavy atom. The molecular weight excluding hydrogens is 242 g/mol. The van der Waals surface area contributed by atoms with Crippen LogP contribution in [0.5, 0.6) is 0 Å².